The van der Waals surface area contributed by atoms with Gasteiger partial charge in [-0.15, -0.1) is 11.8 Å². The van der Waals surface area contributed by atoms with E-state index in [9.17, 15) is 9.59 Å². The second kappa shape index (κ2) is 9.22. The molecule has 9 heteroatoms. The smallest absolute Gasteiger partial charge is 0.296 e. The van der Waals surface area contributed by atoms with E-state index < -0.39 is 23.0 Å². The van der Waals surface area contributed by atoms with E-state index in [1.807, 2.05) is 0 Å². The molecule has 3 aromatic carbocycles. The summed E-state index contributed by atoms with van der Waals surface area (Å²) in [4.78, 5) is 28.2. The van der Waals surface area contributed by atoms with Gasteiger partial charge >= 0.3 is 0 Å². The minimum Gasteiger partial charge on any atom is -0.297 e. The molecule has 3 aromatic rings. The van der Waals surface area contributed by atoms with Gasteiger partial charge < -0.3 is 0 Å². The molecule has 3 nitrogen and oxygen atoms in total. The number of Topliss-reactive ketones (excluding diaryl/α,β-unsaturated/α-hetero) is 1. The number of anilines is 1. The Bertz CT molecular complexity index is 1190. The number of halogens is 5. The Hall–Kier alpha value is -1.40. The van der Waals surface area contributed by atoms with Crippen LogP contribution in [-0.2, 0) is 9.59 Å². The number of nitrogens with zero attached hydrogens (tertiary/aromatic N) is 1. The van der Waals surface area contributed by atoms with Crippen molar-refractivity contribution in [2.24, 2.45) is 0 Å². The summed E-state index contributed by atoms with van der Waals surface area (Å²) < 4.78 is 0. The minimum absolute atomic E-state index is 0.305. The van der Waals surface area contributed by atoms with E-state index in [1.54, 1.807) is 54.6 Å². The Labute approximate surface area is 208 Å². The van der Waals surface area contributed by atoms with E-state index in [-0.39, 0.29) is 0 Å². The van der Waals surface area contributed by atoms with Crippen LogP contribution in [0.15, 0.2) is 65.6 Å². The summed E-state index contributed by atoms with van der Waals surface area (Å²) >= 11 is 31.9. The van der Waals surface area contributed by atoms with Crippen LogP contribution in [0.4, 0.5) is 5.69 Å². The molecule has 0 aromatic heterocycles. The number of carbonyl (C=O) groups is 2. The maximum atomic E-state index is 13.1. The number of benzene rings is 3. The average molecular weight is 532 g/mol. The highest BCUT2D eigenvalue weighted by atomic mass is 35.5. The summed E-state index contributed by atoms with van der Waals surface area (Å²) in [6, 6.07) is 16.3. The van der Waals surface area contributed by atoms with Gasteiger partial charge in [0.1, 0.15) is 5.25 Å². The predicted octanol–water partition coefficient (Wildman–Crippen LogP) is 7.77. The Balaban J connectivity index is 1.82. The maximum absolute atomic E-state index is 13.1. The van der Waals surface area contributed by atoms with Gasteiger partial charge in [0.2, 0.25) is 5.78 Å². The molecule has 31 heavy (non-hydrogen) atoms. The summed E-state index contributed by atoms with van der Waals surface area (Å²) in [5.41, 5.74) is 1.27. The zero-order chi connectivity index (χ0) is 22.3. The Morgan fingerprint density at radius 2 is 1.42 bits per heavy atom. The van der Waals surface area contributed by atoms with Gasteiger partial charge in [0.25, 0.3) is 5.91 Å². The van der Waals surface area contributed by atoms with Crippen molar-refractivity contribution in [3.05, 3.63) is 91.3 Å². The molecule has 2 atom stereocenters. The van der Waals surface area contributed by atoms with Crippen molar-refractivity contribution in [2.45, 2.75) is 16.2 Å². The summed E-state index contributed by atoms with van der Waals surface area (Å²) in [6.07, 6.45) is 0. The molecular formula is C22H12Cl5NO2S. The molecule has 1 saturated heterocycles. The normalized spacial score (nSPS) is 18.7. The minimum atomic E-state index is -0.776. The molecule has 1 aliphatic rings. The monoisotopic (exact) mass is 529 g/mol. The Morgan fingerprint density at radius 1 is 0.742 bits per heavy atom. The average Bonchev–Trinajstić information content (AvgIpc) is 2.97. The van der Waals surface area contributed by atoms with E-state index in [2.05, 4.69) is 0 Å². The van der Waals surface area contributed by atoms with Crippen molar-refractivity contribution >= 4 is 87.1 Å². The lowest BCUT2D eigenvalue weighted by Gasteiger charge is -2.28. The number of thioether (sulfide) groups is 1. The van der Waals surface area contributed by atoms with Crippen LogP contribution >= 0.6 is 69.8 Å². The second-order valence-electron chi connectivity index (χ2n) is 6.75. The molecule has 0 aliphatic carbocycles. The largest absolute Gasteiger partial charge is 0.297 e. The molecule has 1 heterocycles. The van der Waals surface area contributed by atoms with Crippen LogP contribution in [0.2, 0.25) is 25.1 Å². The fourth-order valence-electron chi connectivity index (χ4n) is 3.38. The fraction of sp³-hybridized carbons (Fsp3) is 0.0909. The lowest BCUT2D eigenvalue weighted by Crippen LogP contribution is -2.29. The molecule has 0 radical (unpaired) electrons. The second-order valence-corrected chi connectivity index (χ2v) is 10.0. The molecule has 1 amide bonds. The summed E-state index contributed by atoms with van der Waals surface area (Å²) in [5.74, 6) is -1.18. The quantitative estimate of drug-likeness (QED) is 0.255. The van der Waals surface area contributed by atoms with Crippen LogP contribution in [-0.4, -0.2) is 16.9 Å². The third-order valence-corrected chi connectivity index (χ3v) is 7.73. The van der Waals surface area contributed by atoms with Crippen LogP contribution in [0.3, 0.4) is 0 Å². The molecule has 158 valence electrons. The first-order valence-electron chi connectivity index (χ1n) is 8.96. The van der Waals surface area contributed by atoms with Crippen molar-refractivity contribution in [3.8, 4) is 0 Å². The first-order chi connectivity index (χ1) is 14.8. The SMILES string of the molecule is O=C1C(=O)N(c2cccc(Cl)c2)C(c2ccc(Cl)cc2)C1Sc1cc(Cl)c(Cl)cc1Cl. The summed E-state index contributed by atoms with van der Waals surface area (Å²) in [5, 5.41) is 1.18. The van der Waals surface area contributed by atoms with Gasteiger partial charge in [0, 0.05) is 20.6 Å². The molecule has 0 N–H and O–H groups in total. The van der Waals surface area contributed by atoms with Crippen LogP contribution in [0.1, 0.15) is 11.6 Å². The number of hydrogen-bond acceptors (Lipinski definition) is 3. The van der Waals surface area contributed by atoms with Gasteiger partial charge in [0.05, 0.1) is 21.1 Å². The van der Waals surface area contributed by atoms with E-state index in [1.165, 1.54) is 22.7 Å². The number of hydrogen-bond donors (Lipinski definition) is 0. The van der Waals surface area contributed by atoms with Crippen molar-refractivity contribution in [2.75, 3.05) is 4.90 Å². The van der Waals surface area contributed by atoms with Crippen molar-refractivity contribution < 1.29 is 9.59 Å². The van der Waals surface area contributed by atoms with Crippen molar-refractivity contribution in [1.82, 2.24) is 0 Å². The predicted molar refractivity (Wildman–Crippen MR) is 129 cm³/mol. The van der Waals surface area contributed by atoms with Gasteiger partial charge in [-0.05, 0) is 48.0 Å². The molecular weight excluding hydrogens is 520 g/mol. The lowest BCUT2D eigenvalue weighted by molar-refractivity contribution is -0.133. The molecule has 2 unspecified atom stereocenters. The van der Waals surface area contributed by atoms with E-state index in [0.29, 0.717) is 35.7 Å². The Kier molecular flexibility index (Phi) is 6.78. The molecule has 0 bridgehead atoms. The van der Waals surface area contributed by atoms with Gasteiger partial charge in [-0.25, -0.2) is 0 Å². The van der Waals surface area contributed by atoms with Gasteiger partial charge in [-0.1, -0.05) is 76.2 Å². The van der Waals surface area contributed by atoms with E-state index >= 15 is 0 Å². The third-order valence-electron chi connectivity index (χ3n) is 4.78. The van der Waals surface area contributed by atoms with Crippen molar-refractivity contribution in [1.29, 1.82) is 0 Å². The number of ketones is 1. The maximum Gasteiger partial charge on any atom is 0.296 e. The molecule has 1 aliphatic heterocycles. The summed E-state index contributed by atoms with van der Waals surface area (Å²) in [6.45, 7) is 0. The standard InChI is InChI=1S/C22H12Cl5NO2S/c23-12-6-4-11(5-7-12)19-21(31-18-10-16(26)15(25)9-17(18)27)20(29)22(30)28(19)14-3-1-2-13(24)8-14/h1-10,19,21H. The zero-order valence-corrected chi connectivity index (χ0v) is 20.1. The molecule has 0 spiro atoms. The highest BCUT2D eigenvalue weighted by Gasteiger charge is 2.49. The lowest BCUT2D eigenvalue weighted by atomic mass is 10.0. The first-order valence-corrected chi connectivity index (χ1v) is 11.7. The van der Waals surface area contributed by atoms with Crippen LogP contribution in [0.5, 0.6) is 0 Å². The highest BCUT2D eigenvalue weighted by Crippen LogP contribution is 2.46. The molecule has 1 fully saturated rings. The van der Waals surface area contributed by atoms with Crippen LogP contribution in [0, 0.1) is 0 Å². The van der Waals surface area contributed by atoms with Gasteiger partial charge in [0.15, 0.2) is 0 Å². The fourth-order valence-corrected chi connectivity index (χ4v) is 5.68. The first kappa shape index (κ1) is 22.8. The topological polar surface area (TPSA) is 37.4 Å². The number of rotatable bonds is 4. The van der Waals surface area contributed by atoms with E-state index in [0.717, 1.165) is 5.56 Å². The highest BCUT2D eigenvalue weighted by molar-refractivity contribution is 8.01. The third kappa shape index (κ3) is 4.56. The van der Waals surface area contributed by atoms with Gasteiger partial charge in [-0.3, -0.25) is 14.5 Å². The molecule has 4 rings (SSSR count). The molecule has 0 saturated carbocycles. The Morgan fingerprint density at radius 3 is 2.10 bits per heavy atom. The van der Waals surface area contributed by atoms with Gasteiger partial charge in [-0.2, -0.15) is 0 Å². The number of amides is 1. The zero-order valence-electron chi connectivity index (χ0n) is 15.5. The van der Waals surface area contributed by atoms with Crippen LogP contribution in [0.25, 0.3) is 0 Å². The van der Waals surface area contributed by atoms with Crippen molar-refractivity contribution in [3.63, 3.8) is 0 Å². The summed E-state index contributed by atoms with van der Waals surface area (Å²) in [7, 11) is 0. The van der Waals surface area contributed by atoms with Crippen LogP contribution < -0.4 is 4.90 Å². The number of carbonyl (C=O) groups excluding carboxylic acids is 2. The van der Waals surface area contributed by atoms with E-state index in [4.69, 9.17) is 58.0 Å².